The van der Waals surface area contributed by atoms with Gasteiger partial charge in [0.05, 0.1) is 17.9 Å². The van der Waals surface area contributed by atoms with Crippen LogP contribution in [-0.2, 0) is 14.3 Å². The Labute approximate surface area is 146 Å². The molecule has 1 aliphatic heterocycles. The van der Waals surface area contributed by atoms with Crippen molar-refractivity contribution in [3.05, 3.63) is 29.8 Å². The van der Waals surface area contributed by atoms with E-state index in [0.717, 1.165) is 0 Å². The molecular weight excluding hydrogens is 324 g/mol. The maximum Gasteiger partial charge on any atom is 0.409 e. The van der Waals surface area contributed by atoms with Crippen LogP contribution in [0.25, 0.3) is 0 Å². The molecule has 0 spiro atoms. The lowest BCUT2D eigenvalue weighted by atomic mass is 10.2. The van der Waals surface area contributed by atoms with Crippen molar-refractivity contribution in [3.8, 4) is 6.07 Å². The second-order valence-electron chi connectivity index (χ2n) is 5.45. The number of hydrogen-bond donors (Lipinski definition) is 1. The van der Waals surface area contributed by atoms with Gasteiger partial charge in [-0.05, 0) is 19.1 Å². The molecule has 1 aromatic rings. The number of para-hydroxylation sites is 1. The van der Waals surface area contributed by atoms with Crippen LogP contribution in [0, 0.1) is 11.3 Å². The average Bonchev–Trinajstić information content (AvgIpc) is 2.62. The van der Waals surface area contributed by atoms with E-state index < -0.39 is 5.91 Å². The summed E-state index contributed by atoms with van der Waals surface area (Å²) in [5.74, 6) is -0.782. The molecule has 1 aromatic carbocycles. The van der Waals surface area contributed by atoms with Crippen LogP contribution in [0.1, 0.15) is 18.9 Å². The minimum Gasteiger partial charge on any atom is -0.450 e. The van der Waals surface area contributed by atoms with Gasteiger partial charge in [0.1, 0.15) is 12.5 Å². The van der Waals surface area contributed by atoms with Gasteiger partial charge in [0.15, 0.2) is 0 Å². The third-order valence-corrected chi connectivity index (χ3v) is 3.79. The van der Waals surface area contributed by atoms with E-state index in [1.54, 1.807) is 36.1 Å². The first-order chi connectivity index (χ1) is 12.0. The van der Waals surface area contributed by atoms with Crippen molar-refractivity contribution in [1.29, 1.82) is 5.26 Å². The lowest BCUT2D eigenvalue weighted by Crippen LogP contribution is -2.51. The van der Waals surface area contributed by atoms with E-state index in [2.05, 4.69) is 5.32 Å². The Morgan fingerprint density at radius 3 is 2.44 bits per heavy atom. The number of benzene rings is 1. The highest BCUT2D eigenvalue weighted by atomic mass is 16.6. The van der Waals surface area contributed by atoms with Gasteiger partial charge in [0, 0.05) is 26.2 Å². The molecule has 1 fully saturated rings. The van der Waals surface area contributed by atoms with E-state index in [9.17, 15) is 14.4 Å². The van der Waals surface area contributed by atoms with Gasteiger partial charge in [-0.25, -0.2) is 4.79 Å². The maximum absolute atomic E-state index is 12.2. The van der Waals surface area contributed by atoms with Gasteiger partial charge in [-0.15, -0.1) is 0 Å². The molecule has 0 saturated carbocycles. The van der Waals surface area contributed by atoms with Gasteiger partial charge in [-0.2, -0.15) is 5.26 Å². The predicted octanol–water partition coefficient (Wildman–Crippen LogP) is 1.19. The Morgan fingerprint density at radius 1 is 1.16 bits per heavy atom. The maximum atomic E-state index is 12.2. The minimum absolute atomic E-state index is 0.306. The van der Waals surface area contributed by atoms with Crippen LogP contribution < -0.4 is 5.32 Å². The fraction of sp³-hybridized carbons (Fsp3) is 0.412. The zero-order chi connectivity index (χ0) is 18.2. The van der Waals surface area contributed by atoms with Crippen LogP contribution >= 0.6 is 0 Å². The minimum atomic E-state index is -0.472. The summed E-state index contributed by atoms with van der Waals surface area (Å²) in [4.78, 5) is 39.0. The fourth-order valence-corrected chi connectivity index (χ4v) is 2.49. The predicted molar refractivity (Wildman–Crippen MR) is 89.6 cm³/mol. The van der Waals surface area contributed by atoms with Crippen LogP contribution in [-0.4, -0.2) is 60.5 Å². The number of anilines is 1. The second-order valence-corrected chi connectivity index (χ2v) is 5.45. The Hall–Kier alpha value is -3.08. The largest absolute Gasteiger partial charge is 0.450 e. The monoisotopic (exact) mass is 344 g/mol. The second kappa shape index (κ2) is 8.68. The quantitative estimate of drug-likeness (QED) is 0.827. The summed E-state index contributed by atoms with van der Waals surface area (Å²) in [6, 6.07) is 8.58. The lowest BCUT2D eigenvalue weighted by Gasteiger charge is -2.34. The van der Waals surface area contributed by atoms with Crippen molar-refractivity contribution >= 4 is 23.6 Å². The Morgan fingerprint density at radius 2 is 1.80 bits per heavy atom. The lowest BCUT2D eigenvalue weighted by molar-refractivity contribution is -0.135. The molecule has 1 saturated heterocycles. The standard InChI is InChI=1S/C17H20N4O4/c1-2-25-17(24)21-9-7-20(8-10-21)16(23)11-15(22)19-14-6-4-3-5-13(14)12-18/h3-6H,2,7-11H2,1H3,(H,19,22). The number of nitrogens with zero attached hydrogens (tertiary/aromatic N) is 3. The molecule has 8 heteroatoms. The molecule has 0 aliphatic carbocycles. The van der Waals surface area contributed by atoms with Gasteiger partial charge >= 0.3 is 6.09 Å². The summed E-state index contributed by atoms with van der Waals surface area (Å²) in [6.07, 6.45) is -0.695. The number of nitriles is 1. The highest BCUT2D eigenvalue weighted by molar-refractivity contribution is 6.04. The van der Waals surface area contributed by atoms with E-state index >= 15 is 0 Å². The van der Waals surface area contributed by atoms with Crippen LogP contribution in [0.15, 0.2) is 24.3 Å². The van der Waals surface area contributed by atoms with Crippen molar-refractivity contribution in [3.63, 3.8) is 0 Å². The number of piperazine rings is 1. The van der Waals surface area contributed by atoms with E-state index in [1.807, 2.05) is 6.07 Å². The van der Waals surface area contributed by atoms with Gasteiger partial charge in [0.2, 0.25) is 11.8 Å². The number of carbonyl (C=O) groups excluding carboxylic acids is 3. The zero-order valence-corrected chi connectivity index (χ0v) is 14.0. The van der Waals surface area contributed by atoms with E-state index in [1.165, 1.54) is 4.90 Å². The molecule has 8 nitrogen and oxygen atoms in total. The normalized spacial score (nSPS) is 13.8. The first-order valence-electron chi connectivity index (χ1n) is 8.03. The third kappa shape index (κ3) is 4.94. The molecule has 0 bridgehead atoms. The number of amides is 3. The number of rotatable bonds is 4. The SMILES string of the molecule is CCOC(=O)N1CCN(C(=O)CC(=O)Nc2ccccc2C#N)CC1. The number of nitrogens with one attached hydrogen (secondary N) is 1. The first-order valence-corrected chi connectivity index (χ1v) is 8.03. The number of carbonyl (C=O) groups is 3. The van der Waals surface area contributed by atoms with Crippen LogP contribution in [0.5, 0.6) is 0 Å². The van der Waals surface area contributed by atoms with Gasteiger partial charge in [-0.1, -0.05) is 12.1 Å². The molecule has 0 radical (unpaired) electrons. The first kappa shape index (κ1) is 18.3. The highest BCUT2D eigenvalue weighted by Gasteiger charge is 2.25. The van der Waals surface area contributed by atoms with Crippen LogP contribution in [0.2, 0.25) is 0 Å². The average molecular weight is 344 g/mol. The molecule has 0 aromatic heterocycles. The Kier molecular flexibility index (Phi) is 6.34. The molecule has 0 atom stereocenters. The van der Waals surface area contributed by atoms with Gasteiger partial charge in [-0.3, -0.25) is 9.59 Å². The molecule has 1 heterocycles. The molecule has 1 N–H and O–H groups in total. The Bertz CT molecular complexity index is 690. The fourth-order valence-electron chi connectivity index (χ4n) is 2.49. The summed E-state index contributed by atoms with van der Waals surface area (Å²) in [5, 5.41) is 11.6. The summed E-state index contributed by atoms with van der Waals surface area (Å²) in [7, 11) is 0. The van der Waals surface area contributed by atoms with Crippen LogP contribution in [0.3, 0.4) is 0 Å². The molecule has 1 aliphatic rings. The zero-order valence-electron chi connectivity index (χ0n) is 14.0. The number of ether oxygens (including phenoxy) is 1. The third-order valence-electron chi connectivity index (χ3n) is 3.79. The molecular formula is C17H20N4O4. The van der Waals surface area contributed by atoms with Crippen molar-refractivity contribution in [2.45, 2.75) is 13.3 Å². The number of hydrogen-bond acceptors (Lipinski definition) is 5. The van der Waals surface area contributed by atoms with Crippen molar-refractivity contribution < 1.29 is 19.1 Å². The molecule has 3 amide bonds. The summed E-state index contributed by atoms with van der Waals surface area (Å²) in [6.45, 7) is 3.52. The molecule has 0 unspecified atom stereocenters. The summed E-state index contributed by atoms with van der Waals surface area (Å²) < 4.78 is 4.92. The van der Waals surface area contributed by atoms with E-state index in [0.29, 0.717) is 44.0 Å². The molecule has 25 heavy (non-hydrogen) atoms. The topological polar surface area (TPSA) is 103 Å². The molecule has 132 valence electrons. The van der Waals surface area contributed by atoms with Crippen molar-refractivity contribution in [2.75, 3.05) is 38.1 Å². The molecule has 2 rings (SSSR count). The Balaban J connectivity index is 1.83. The summed E-state index contributed by atoms with van der Waals surface area (Å²) >= 11 is 0. The smallest absolute Gasteiger partial charge is 0.409 e. The van der Waals surface area contributed by atoms with Crippen molar-refractivity contribution in [2.24, 2.45) is 0 Å². The van der Waals surface area contributed by atoms with Gasteiger partial charge in [0.25, 0.3) is 0 Å². The van der Waals surface area contributed by atoms with E-state index in [-0.39, 0.29) is 18.4 Å². The summed E-state index contributed by atoms with van der Waals surface area (Å²) in [5.41, 5.74) is 0.723. The van der Waals surface area contributed by atoms with Gasteiger partial charge < -0.3 is 19.9 Å². The van der Waals surface area contributed by atoms with Crippen LogP contribution in [0.4, 0.5) is 10.5 Å². The highest BCUT2D eigenvalue weighted by Crippen LogP contribution is 2.14. The van der Waals surface area contributed by atoms with E-state index in [4.69, 9.17) is 10.00 Å². The van der Waals surface area contributed by atoms with Crippen molar-refractivity contribution in [1.82, 2.24) is 9.80 Å².